The highest BCUT2D eigenvalue weighted by atomic mass is 35.5. The first-order valence-corrected chi connectivity index (χ1v) is 8.28. The molecule has 4 unspecified atom stereocenters. The molecule has 20 heavy (non-hydrogen) atoms. The third-order valence-corrected chi connectivity index (χ3v) is 5.40. The molecule has 2 N–H and O–H groups in total. The van der Waals surface area contributed by atoms with Gasteiger partial charge in [-0.05, 0) is 44.6 Å². The molecule has 0 radical (unpaired) electrons. The summed E-state index contributed by atoms with van der Waals surface area (Å²) in [6, 6.07) is 0.962. The van der Waals surface area contributed by atoms with Crippen molar-refractivity contribution in [3.8, 4) is 0 Å². The maximum absolute atomic E-state index is 12.3. The number of amides is 1. The summed E-state index contributed by atoms with van der Waals surface area (Å²) in [5, 5.41) is 6.74. The summed E-state index contributed by atoms with van der Waals surface area (Å²) < 4.78 is 0. The second kappa shape index (κ2) is 7.13. The van der Waals surface area contributed by atoms with Gasteiger partial charge in [0.25, 0.3) is 0 Å². The standard InChI is InChI=1S/C16H28N2O.ClH/c1-11-9-13(7-8-17-11)18-16(19)15-10-14(15)12-5-3-2-4-6-12;/h11-15,17H,2-10H2,1H3,(H,18,19);1H. The van der Waals surface area contributed by atoms with Crippen molar-refractivity contribution in [2.45, 2.75) is 70.4 Å². The van der Waals surface area contributed by atoms with Crippen molar-refractivity contribution in [1.82, 2.24) is 10.6 Å². The number of hydrogen-bond acceptors (Lipinski definition) is 2. The van der Waals surface area contributed by atoms with E-state index in [0.29, 0.717) is 23.9 Å². The number of halogens is 1. The molecule has 0 aromatic carbocycles. The highest BCUT2D eigenvalue weighted by Gasteiger charge is 2.47. The average molecular weight is 301 g/mol. The van der Waals surface area contributed by atoms with Gasteiger partial charge in [0.15, 0.2) is 0 Å². The minimum absolute atomic E-state index is 0. The Balaban J connectivity index is 0.00000147. The molecular weight excluding hydrogens is 272 g/mol. The van der Waals surface area contributed by atoms with Gasteiger partial charge >= 0.3 is 0 Å². The van der Waals surface area contributed by atoms with E-state index in [2.05, 4.69) is 17.6 Å². The van der Waals surface area contributed by atoms with Crippen LogP contribution in [0, 0.1) is 17.8 Å². The summed E-state index contributed by atoms with van der Waals surface area (Å²) in [5.74, 6) is 2.29. The topological polar surface area (TPSA) is 41.1 Å². The molecule has 1 amide bonds. The molecule has 3 aliphatic rings. The van der Waals surface area contributed by atoms with E-state index >= 15 is 0 Å². The summed E-state index contributed by atoms with van der Waals surface area (Å²) in [4.78, 5) is 12.3. The van der Waals surface area contributed by atoms with E-state index in [1.54, 1.807) is 0 Å². The molecule has 1 aliphatic heterocycles. The molecule has 0 spiro atoms. The summed E-state index contributed by atoms with van der Waals surface area (Å²) >= 11 is 0. The Labute approximate surface area is 129 Å². The van der Waals surface area contributed by atoms with Gasteiger partial charge in [-0.25, -0.2) is 0 Å². The number of piperidine rings is 1. The Kier molecular flexibility index (Phi) is 5.74. The van der Waals surface area contributed by atoms with Crippen LogP contribution in [0.3, 0.4) is 0 Å². The second-order valence-electron chi connectivity index (χ2n) is 6.99. The lowest BCUT2D eigenvalue weighted by atomic mass is 9.85. The molecule has 0 bridgehead atoms. The van der Waals surface area contributed by atoms with Crippen LogP contribution in [0.25, 0.3) is 0 Å². The van der Waals surface area contributed by atoms with Crippen LogP contribution in [0.4, 0.5) is 0 Å². The first-order valence-electron chi connectivity index (χ1n) is 8.28. The fourth-order valence-corrected chi connectivity index (χ4v) is 4.17. The Morgan fingerprint density at radius 3 is 2.55 bits per heavy atom. The molecule has 2 saturated carbocycles. The predicted molar refractivity (Wildman–Crippen MR) is 84.0 cm³/mol. The smallest absolute Gasteiger partial charge is 0.223 e. The van der Waals surface area contributed by atoms with E-state index in [0.717, 1.165) is 37.6 Å². The fourth-order valence-electron chi connectivity index (χ4n) is 4.17. The van der Waals surface area contributed by atoms with Crippen molar-refractivity contribution >= 4 is 18.3 Å². The van der Waals surface area contributed by atoms with Crippen LogP contribution >= 0.6 is 12.4 Å². The Bertz CT molecular complexity index is 330. The maximum atomic E-state index is 12.3. The van der Waals surface area contributed by atoms with Crippen molar-refractivity contribution in [2.75, 3.05) is 6.54 Å². The summed E-state index contributed by atoms with van der Waals surface area (Å²) in [6.07, 6.45) is 10.3. The van der Waals surface area contributed by atoms with Crippen LogP contribution in [0.15, 0.2) is 0 Å². The van der Waals surface area contributed by atoms with Gasteiger partial charge < -0.3 is 10.6 Å². The number of hydrogen-bond donors (Lipinski definition) is 2. The Hall–Kier alpha value is -0.280. The minimum Gasteiger partial charge on any atom is -0.353 e. The van der Waals surface area contributed by atoms with Crippen molar-refractivity contribution in [3.05, 3.63) is 0 Å². The van der Waals surface area contributed by atoms with Crippen molar-refractivity contribution in [3.63, 3.8) is 0 Å². The van der Waals surface area contributed by atoms with Crippen LogP contribution in [-0.4, -0.2) is 24.5 Å². The first kappa shape index (κ1) is 16.1. The molecule has 1 heterocycles. The Morgan fingerprint density at radius 1 is 1.10 bits per heavy atom. The van der Waals surface area contributed by atoms with Crippen molar-refractivity contribution in [2.24, 2.45) is 17.8 Å². The van der Waals surface area contributed by atoms with Crippen LogP contribution in [-0.2, 0) is 4.79 Å². The zero-order valence-corrected chi connectivity index (χ0v) is 13.4. The molecule has 0 aromatic heterocycles. The van der Waals surface area contributed by atoms with Crippen LogP contribution in [0.5, 0.6) is 0 Å². The number of rotatable bonds is 3. The lowest BCUT2D eigenvalue weighted by Gasteiger charge is -2.29. The van der Waals surface area contributed by atoms with E-state index in [4.69, 9.17) is 0 Å². The molecule has 3 nitrogen and oxygen atoms in total. The second-order valence-corrected chi connectivity index (χ2v) is 6.99. The molecule has 3 rings (SSSR count). The Morgan fingerprint density at radius 2 is 1.85 bits per heavy atom. The van der Waals surface area contributed by atoms with Gasteiger partial charge in [-0.3, -0.25) is 4.79 Å². The monoisotopic (exact) mass is 300 g/mol. The van der Waals surface area contributed by atoms with Crippen molar-refractivity contribution in [1.29, 1.82) is 0 Å². The molecule has 116 valence electrons. The zero-order valence-electron chi connectivity index (χ0n) is 12.6. The molecule has 2 aliphatic carbocycles. The van der Waals surface area contributed by atoms with E-state index < -0.39 is 0 Å². The lowest BCUT2D eigenvalue weighted by Crippen LogP contribution is -2.47. The summed E-state index contributed by atoms with van der Waals surface area (Å²) in [6.45, 7) is 3.25. The highest BCUT2D eigenvalue weighted by molar-refractivity contribution is 5.85. The quantitative estimate of drug-likeness (QED) is 0.841. The fraction of sp³-hybridized carbons (Fsp3) is 0.938. The molecule has 4 heteroatoms. The van der Waals surface area contributed by atoms with Gasteiger partial charge in [0.2, 0.25) is 5.91 Å². The average Bonchev–Trinajstić information content (AvgIpc) is 3.20. The number of carbonyl (C=O) groups excluding carboxylic acids is 1. The SMILES string of the molecule is CC1CC(NC(=O)C2CC2C2CCCCC2)CCN1.Cl. The molecule has 0 aromatic rings. The van der Waals surface area contributed by atoms with E-state index in [9.17, 15) is 4.79 Å². The van der Waals surface area contributed by atoms with Crippen LogP contribution < -0.4 is 10.6 Å². The third-order valence-electron chi connectivity index (χ3n) is 5.40. The normalized spacial score (nSPS) is 37.9. The predicted octanol–water partition coefficient (Wildman–Crippen LogP) is 2.88. The van der Waals surface area contributed by atoms with Gasteiger partial charge in [0, 0.05) is 18.0 Å². The van der Waals surface area contributed by atoms with Gasteiger partial charge in [-0.1, -0.05) is 32.1 Å². The summed E-state index contributed by atoms with van der Waals surface area (Å²) in [5.41, 5.74) is 0. The van der Waals surface area contributed by atoms with Gasteiger partial charge in [0.1, 0.15) is 0 Å². The van der Waals surface area contributed by atoms with Crippen LogP contribution in [0.2, 0.25) is 0 Å². The third kappa shape index (κ3) is 3.88. The molecule has 4 atom stereocenters. The summed E-state index contributed by atoms with van der Waals surface area (Å²) in [7, 11) is 0. The van der Waals surface area contributed by atoms with Crippen molar-refractivity contribution < 1.29 is 4.79 Å². The number of carbonyl (C=O) groups is 1. The largest absolute Gasteiger partial charge is 0.353 e. The zero-order chi connectivity index (χ0) is 13.2. The maximum Gasteiger partial charge on any atom is 0.223 e. The van der Waals surface area contributed by atoms with Gasteiger partial charge in [0.05, 0.1) is 0 Å². The molecule has 1 saturated heterocycles. The van der Waals surface area contributed by atoms with Gasteiger partial charge in [-0.15, -0.1) is 12.4 Å². The van der Waals surface area contributed by atoms with Crippen LogP contribution in [0.1, 0.15) is 58.3 Å². The minimum atomic E-state index is 0. The van der Waals surface area contributed by atoms with Gasteiger partial charge in [-0.2, -0.15) is 0 Å². The first-order chi connectivity index (χ1) is 9.24. The lowest BCUT2D eigenvalue weighted by molar-refractivity contribution is -0.123. The molecular formula is C16H29ClN2O. The molecule has 3 fully saturated rings. The highest BCUT2D eigenvalue weighted by Crippen LogP contribution is 2.49. The number of nitrogens with one attached hydrogen (secondary N) is 2. The van der Waals surface area contributed by atoms with E-state index in [-0.39, 0.29) is 12.4 Å². The van der Waals surface area contributed by atoms with E-state index in [1.165, 1.54) is 32.1 Å². The van der Waals surface area contributed by atoms with E-state index in [1.807, 2.05) is 0 Å².